The normalized spacial score (nSPS) is 39.3. The van der Waals surface area contributed by atoms with E-state index >= 15 is 0 Å². The molecule has 1 rings (SSSR count). The monoisotopic (exact) mass is 210 g/mol. The summed E-state index contributed by atoms with van der Waals surface area (Å²) >= 11 is 0. The average molecular weight is 210 g/mol. The first-order valence-corrected chi connectivity index (χ1v) is 5.76. The Morgan fingerprint density at radius 3 is 2.47 bits per heavy atom. The van der Waals surface area contributed by atoms with Crippen LogP contribution < -0.4 is 0 Å². The molecule has 0 aromatic rings. The van der Waals surface area contributed by atoms with Crippen LogP contribution in [0.25, 0.3) is 0 Å². The average Bonchev–Trinajstić information content (AvgIpc) is 2.24. The van der Waals surface area contributed by atoms with Gasteiger partial charge in [0.15, 0.2) is 0 Å². The van der Waals surface area contributed by atoms with Gasteiger partial charge in [-0.25, -0.2) is 0 Å². The quantitative estimate of drug-likeness (QED) is 0.524. The number of carbonyl (C=O) groups is 1. The lowest BCUT2D eigenvalue weighted by Crippen LogP contribution is -2.57. The van der Waals surface area contributed by atoms with Crippen LogP contribution in [-0.4, -0.2) is 5.97 Å². The lowest BCUT2D eigenvalue weighted by Gasteiger charge is -2.60. The van der Waals surface area contributed by atoms with E-state index in [2.05, 4.69) is 34.3 Å². The summed E-state index contributed by atoms with van der Waals surface area (Å²) in [7, 11) is 0. The van der Waals surface area contributed by atoms with Crippen LogP contribution in [0.15, 0.2) is 12.8 Å². The van der Waals surface area contributed by atoms with Gasteiger partial charge in [-0.15, -0.1) is 0 Å². The van der Waals surface area contributed by atoms with Crippen molar-refractivity contribution in [2.75, 3.05) is 0 Å². The summed E-state index contributed by atoms with van der Waals surface area (Å²) < 4.78 is 4.91. The van der Waals surface area contributed by atoms with Crippen LogP contribution in [0, 0.1) is 16.7 Å². The molecule has 0 radical (unpaired) electrons. The molecule has 0 heterocycles. The minimum absolute atomic E-state index is 0.0467. The fraction of sp³-hybridized carbons (Fsp3) is 0.769. The molecule has 86 valence electrons. The lowest BCUT2D eigenvalue weighted by atomic mass is 9.43. The summed E-state index contributed by atoms with van der Waals surface area (Å²) in [5, 5.41) is 0. The molecule has 1 fully saturated rings. The van der Waals surface area contributed by atoms with Crippen molar-refractivity contribution in [3.63, 3.8) is 0 Å². The summed E-state index contributed by atoms with van der Waals surface area (Å²) in [5.41, 5.74) is 0.369. The van der Waals surface area contributed by atoms with Crippen LogP contribution in [0.2, 0.25) is 0 Å². The van der Waals surface area contributed by atoms with Gasteiger partial charge in [0.05, 0.1) is 12.2 Å². The highest BCUT2D eigenvalue weighted by atomic mass is 16.5. The first-order chi connectivity index (χ1) is 6.95. The largest absolute Gasteiger partial charge is 0.435 e. The zero-order valence-electron chi connectivity index (χ0n) is 10.3. The Morgan fingerprint density at radius 1 is 1.47 bits per heavy atom. The molecule has 0 aromatic heterocycles. The molecular formula is C13H22O2. The number of hydrogen-bond acceptors (Lipinski definition) is 2. The van der Waals surface area contributed by atoms with Crippen molar-refractivity contribution < 1.29 is 9.53 Å². The van der Waals surface area contributed by atoms with Crippen LogP contribution in [0.4, 0.5) is 0 Å². The van der Waals surface area contributed by atoms with Gasteiger partial charge in [-0.2, -0.15) is 0 Å². The summed E-state index contributed by atoms with van der Waals surface area (Å²) in [6, 6.07) is 0. The zero-order chi connectivity index (χ0) is 11.7. The highest BCUT2D eigenvalue weighted by Gasteiger charge is 2.60. The van der Waals surface area contributed by atoms with Crippen LogP contribution in [-0.2, 0) is 9.53 Å². The van der Waals surface area contributed by atoms with Gasteiger partial charge < -0.3 is 4.74 Å². The number of rotatable bonds is 4. The Bertz CT molecular complexity index is 272. The van der Waals surface area contributed by atoms with Crippen molar-refractivity contribution in [1.29, 1.82) is 0 Å². The van der Waals surface area contributed by atoms with Gasteiger partial charge in [0.25, 0.3) is 0 Å². The number of ether oxygens (including phenoxy) is 1. The minimum atomic E-state index is -0.111. The third-order valence-electron chi connectivity index (χ3n) is 4.80. The smallest absolute Gasteiger partial charge is 0.314 e. The third kappa shape index (κ3) is 1.60. The second-order valence-electron chi connectivity index (χ2n) is 5.05. The van der Waals surface area contributed by atoms with Gasteiger partial charge in [0.2, 0.25) is 0 Å². The summed E-state index contributed by atoms with van der Waals surface area (Å²) in [4.78, 5) is 11.7. The molecule has 0 N–H and O–H groups in total. The van der Waals surface area contributed by atoms with Crippen LogP contribution in [0.5, 0.6) is 0 Å². The predicted octanol–water partition coefficient (Wildman–Crippen LogP) is 3.53. The van der Waals surface area contributed by atoms with Crippen molar-refractivity contribution in [2.45, 2.75) is 47.0 Å². The van der Waals surface area contributed by atoms with E-state index in [1.807, 2.05) is 0 Å². The van der Waals surface area contributed by atoms with Crippen molar-refractivity contribution >= 4 is 5.97 Å². The SMILES string of the molecule is C=COC(=O)C1CC(C)(CC)C1(C)CC. The molecule has 0 aliphatic heterocycles. The molecule has 0 spiro atoms. The molecule has 0 aromatic carbocycles. The Morgan fingerprint density at radius 2 is 2.07 bits per heavy atom. The van der Waals surface area contributed by atoms with Gasteiger partial charge >= 0.3 is 5.97 Å². The summed E-state index contributed by atoms with van der Waals surface area (Å²) in [6.45, 7) is 12.3. The number of carbonyl (C=O) groups excluding carboxylic acids is 1. The van der Waals surface area contributed by atoms with Gasteiger partial charge in [0, 0.05) is 0 Å². The molecule has 1 aliphatic carbocycles. The molecular weight excluding hydrogens is 188 g/mol. The second kappa shape index (κ2) is 3.99. The molecule has 0 bridgehead atoms. The van der Waals surface area contributed by atoms with Crippen LogP contribution in [0.1, 0.15) is 47.0 Å². The molecule has 1 saturated carbocycles. The van der Waals surface area contributed by atoms with Crippen molar-refractivity contribution in [3.05, 3.63) is 12.8 Å². The molecule has 3 unspecified atom stereocenters. The van der Waals surface area contributed by atoms with Gasteiger partial charge in [-0.05, 0) is 23.7 Å². The summed E-state index contributed by atoms with van der Waals surface area (Å²) in [6.07, 6.45) is 4.32. The van der Waals surface area contributed by atoms with Crippen LogP contribution >= 0.6 is 0 Å². The van der Waals surface area contributed by atoms with E-state index in [0.29, 0.717) is 0 Å². The highest BCUT2D eigenvalue weighted by molar-refractivity contribution is 5.75. The maximum absolute atomic E-state index is 11.7. The summed E-state index contributed by atoms with van der Waals surface area (Å²) in [5.74, 6) is -0.0641. The molecule has 2 nitrogen and oxygen atoms in total. The zero-order valence-corrected chi connectivity index (χ0v) is 10.3. The van der Waals surface area contributed by atoms with Crippen molar-refractivity contribution in [2.24, 2.45) is 16.7 Å². The van der Waals surface area contributed by atoms with E-state index < -0.39 is 0 Å². The number of hydrogen-bond donors (Lipinski definition) is 0. The molecule has 15 heavy (non-hydrogen) atoms. The fourth-order valence-corrected chi connectivity index (χ4v) is 2.93. The number of esters is 1. The van der Waals surface area contributed by atoms with E-state index in [1.54, 1.807) is 0 Å². The predicted molar refractivity (Wildman–Crippen MR) is 61.2 cm³/mol. The molecule has 3 atom stereocenters. The topological polar surface area (TPSA) is 26.3 Å². The molecule has 0 amide bonds. The Hall–Kier alpha value is -0.790. The second-order valence-corrected chi connectivity index (χ2v) is 5.05. The molecule has 1 aliphatic rings. The Balaban J connectivity index is 2.81. The van der Waals surface area contributed by atoms with E-state index in [-0.39, 0.29) is 22.7 Å². The van der Waals surface area contributed by atoms with Gasteiger partial charge in [-0.3, -0.25) is 4.79 Å². The molecule has 2 heteroatoms. The van der Waals surface area contributed by atoms with Crippen molar-refractivity contribution in [3.8, 4) is 0 Å². The van der Waals surface area contributed by atoms with E-state index in [9.17, 15) is 4.79 Å². The standard InChI is InChI=1S/C13H22O2/c1-6-12(4)9-10(11(14)15-8-3)13(12,5)7-2/h8,10H,3,6-7,9H2,1-2,4-5H3. The van der Waals surface area contributed by atoms with Crippen LogP contribution in [0.3, 0.4) is 0 Å². The highest BCUT2D eigenvalue weighted by Crippen LogP contribution is 2.64. The molecule has 0 saturated heterocycles. The maximum atomic E-state index is 11.7. The minimum Gasteiger partial charge on any atom is -0.435 e. The fourth-order valence-electron chi connectivity index (χ4n) is 2.93. The van der Waals surface area contributed by atoms with Gasteiger partial charge in [0.1, 0.15) is 0 Å². The van der Waals surface area contributed by atoms with Gasteiger partial charge in [-0.1, -0.05) is 40.7 Å². The third-order valence-corrected chi connectivity index (χ3v) is 4.80. The first kappa shape index (κ1) is 12.3. The van der Waals surface area contributed by atoms with Crippen molar-refractivity contribution in [1.82, 2.24) is 0 Å². The van der Waals surface area contributed by atoms with E-state index in [1.165, 1.54) is 6.26 Å². The van der Waals surface area contributed by atoms with E-state index in [0.717, 1.165) is 19.3 Å². The maximum Gasteiger partial charge on any atom is 0.314 e. The first-order valence-electron chi connectivity index (χ1n) is 5.76. The Labute approximate surface area is 92.7 Å². The van der Waals surface area contributed by atoms with E-state index in [4.69, 9.17) is 4.74 Å². The Kier molecular flexibility index (Phi) is 3.27. The lowest BCUT2D eigenvalue weighted by molar-refractivity contribution is -0.179.